The maximum absolute atomic E-state index is 13.1. The minimum Gasteiger partial charge on any atom is -0.508 e. The van der Waals surface area contributed by atoms with Gasteiger partial charge in [-0.3, -0.25) is 0 Å². The summed E-state index contributed by atoms with van der Waals surface area (Å²) >= 11 is 0. The van der Waals surface area contributed by atoms with E-state index in [9.17, 15) is 22.4 Å². The van der Waals surface area contributed by atoms with Gasteiger partial charge in [0.25, 0.3) is 0 Å². The van der Waals surface area contributed by atoms with Gasteiger partial charge in [-0.1, -0.05) is 0 Å². The van der Waals surface area contributed by atoms with E-state index in [4.69, 9.17) is 5.11 Å². The maximum atomic E-state index is 13.1. The number of hydrogen-bond donors (Lipinski definition) is 3. The van der Waals surface area contributed by atoms with Crippen molar-refractivity contribution in [2.45, 2.75) is 6.18 Å². The van der Waals surface area contributed by atoms with E-state index in [-0.39, 0.29) is 11.4 Å². The fourth-order valence-electron chi connectivity index (χ4n) is 1.66. The number of benzene rings is 2. The van der Waals surface area contributed by atoms with Gasteiger partial charge in [-0.15, -0.1) is 0 Å². The molecule has 0 saturated carbocycles. The van der Waals surface area contributed by atoms with Crippen molar-refractivity contribution < 1.29 is 27.5 Å². The van der Waals surface area contributed by atoms with Crippen molar-refractivity contribution in [2.75, 3.05) is 10.6 Å². The molecule has 116 valence electrons. The normalized spacial score (nSPS) is 11.1. The van der Waals surface area contributed by atoms with Gasteiger partial charge in [0.15, 0.2) is 0 Å². The predicted octanol–water partition coefficient (Wildman–Crippen LogP) is 4.19. The Hall–Kier alpha value is -2.77. The lowest BCUT2D eigenvalue weighted by Gasteiger charge is -2.11. The molecule has 3 N–H and O–H groups in total. The van der Waals surface area contributed by atoms with Gasteiger partial charge in [0, 0.05) is 11.4 Å². The fraction of sp³-hybridized carbons (Fsp3) is 0.0714. The van der Waals surface area contributed by atoms with Crippen molar-refractivity contribution in [3.8, 4) is 5.75 Å². The van der Waals surface area contributed by atoms with E-state index in [1.807, 2.05) is 0 Å². The van der Waals surface area contributed by atoms with Crippen molar-refractivity contribution in [3.05, 3.63) is 53.8 Å². The fourth-order valence-corrected chi connectivity index (χ4v) is 1.66. The molecule has 8 heteroatoms. The topological polar surface area (TPSA) is 61.4 Å². The van der Waals surface area contributed by atoms with Crippen LogP contribution in [-0.2, 0) is 6.18 Å². The lowest BCUT2D eigenvalue weighted by Crippen LogP contribution is -2.20. The van der Waals surface area contributed by atoms with Crippen molar-refractivity contribution in [1.82, 2.24) is 0 Å². The summed E-state index contributed by atoms with van der Waals surface area (Å²) in [6.45, 7) is 0. The third-order valence-electron chi connectivity index (χ3n) is 2.65. The maximum Gasteiger partial charge on any atom is 0.419 e. The van der Waals surface area contributed by atoms with Crippen LogP contribution in [0.5, 0.6) is 5.75 Å². The molecule has 0 atom stereocenters. The molecule has 2 aromatic carbocycles. The van der Waals surface area contributed by atoms with Crippen LogP contribution in [0, 0.1) is 5.82 Å². The molecular weight excluding hydrogens is 304 g/mol. The molecule has 0 spiro atoms. The van der Waals surface area contributed by atoms with Crippen LogP contribution < -0.4 is 10.6 Å². The number of amides is 2. The van der Waals surface area contributed by atoms with E-state index in [0.29, 0.717) is 17.8 Å². The van der Waals surface area contributed by atoms with Crippen LogP contribution >= 0.6 is 0 Å². The lowest BCUT2D eigenvalue weighted by atomic mass is 10.2. The van der Waals surface area contributed by atoms with Gasteiger partial charge in [-0.2, -0.15) is 13.2 Å². The van der Waals surface area contributed by atoms with Gasteiger partial charge < -0.3 is 15.7 Å². The summed E-state index contributed by atoms with van der Waals surface area (Å²) in [4.78, 5) is 11.7. The number of halogens is 4. The summed E-state index contributed by atoms with van der Waals surface area (Å²) in [6, 6.07) is 6.81. The highest BCUT2D eigenvalue weighted by Gasteiger charge is 2.34. The Morgan fingerprint density at radius 3 is 2.09 bits per heavy atom. The van der Waals surface area contributed by atoms with Gasteiger partial charge in [0.2, 0.25) is 0 Å². The minimum absolute atomic E-state index is 0.000637. The van der Waals surface area contributed by atoms with Crippen LogP contribution in [0.25, 0.3) is 0 Å². The summed E-state index contributed by atoms with van der Waals surface area (Å²) in [5.41, 5.74) is -1.34. The molecule has 4 nitrogen and oxygen atoms in total. The number of hydrogen-bond acceptors (Lipinski definition) is 2. The Morgan fingerprint density at radius 1 is 0.955 bits per heavy atom. The summed E-state index contributed by atoms with van der Waals surface area (Å²) in [6.07, 6.45) is -4.85. The standard InChI is InChI=1S/C14H10F4N2O2/c15-12-6-3-9(7-11(12)14(16,17)18)20-13(22)19-8-1-4-10(21)5-2-8/h1-7,21H,(H2,19,20,22). The van der Waals surface area contributed by atoms with E-state index in [0.717, 1.165) is 6.07 Å². The lowest BCUT2D eigenvalue weighted by molar-refractivity contribution is -0.139. The molecule has 2 rings (SSSR count). The van der Waals surface area contributed by atoms with Crippen LogP contribution in [0.4, 0.5) is 33.7 Å². The smallest absolute Gasteiger partial charge is 0.419 e. The zero-order chi connectivity index (χ0) is 16.3. The van der Waals surface area contributed by atoms with E-state index < -0.39 is 23.6 Å². The number of anilines is 2. The summed E-state index contributed by atoms with van der Waals surface area (Å²) < 4.78 is 50.8. The quantitative estimate of drug-likeness (QED) is 0.575. The molecule has 0 bridgehead atoms. The largest absolute Gasteiger partial charge is 0.508 e. The first-order chi connectivity index (χ1) is 10.3. The number of rotatable bonds is 2. The van der Waals surface area contributed by atoms with Crippen LogP contribution in [-0.4, -0.2) is 11.1 Å². The second kappa shape index (κ2) is 5.92. The first kappa shape index (κ1) is 15.6. The summed E-state index contributed by atoms with van der Waals surface area (Å²) in [5.74, 6) is -1.42. The zero-order valence-electron chi connectivity index (χ0n) is 10.9. The average molecular weight is 314 g/mol. The van der Waals surface area contributed by atoms with Crippen molar-refractivity contribution in [2.24, 2.45) is 0 Å². The Morgan fingerprint density at radius 2 is 1.50 bits per heavy atom. The molecule has 2 amide bonds. The molecule has 0 heterocycles. The van der Waals surface area contributed by atoms with Crippen molar-refractivity contribution in [3.63, 3.8) is 0 Å². The zero-order valence-corrected chi connectivity index (χ0v) is 10.9. The SMILES string of the molecule is O=C(Nc1ccc(O)cc1)Nc1ccc(F)c(C(F)(F)F)c1. The number of urea groups is 1. The first-order valence-corrected chi connectivity index (χ1v) is 5.99. The van der Waals surface area contributed by atoms with Crippen LogP contribution in [0.15, 0.2) is 42.5 Å². The average Bonchev–Trinajstić information content (AvgIpc) is 2.42. The third-order valence-corrected chi connectivity index (χ3v) is 2.65. The van der Waals surface area contributed by atoms with Gasteiger partial charge in [0.05, 0.1) is 5.56 Å². The third kappa shape index (κ3) is 3.87. The number of carbonyl (C=O) groups excluding carboxylic acids is 1. The second-order valence-electron chi connectivity index (χ2n) is 4.32. The highest BCUT2D eigenvalue weighted by Crippen LogP contribution is 2.33. The molecule has 2 aromatic rings. The molecule has 0 aliphatic rings. The van der Waals surface area contributed by atoms with Crippen molar-refractivity contribution >= 4 is 17.4 Å². The Labute approximate surface area is 122 Å². The molecule has 0 radical (unpaired) electrons. The van der Waals surface area contributed by atoms with E-state index in [1.54, 1.807) is 0 Å². The Bertz CT molecular complexity index is 684. The van der Waals surface area contributed by atoms with E-state index in [2.05, 4.69) is 10.6 Å². The second-order valence-corrected chi connectivity index (χ2v) is 4.32. The minimum atomic E-state index is -4.85. The molecule has 0 saturated heterocycles. The Kier molecular flexibility index (Phi) is 4.20. The molecule has 0 aliphatic carbocycles. The molecule has 0 aliphatic heterocycles. The number of alkyl halides is 3. The van der Waals surface area contributed by atoms with Gasteiger partial charge >= 0.3 is 12.2 Å². The number of nitrogens with one attached hydrogen (secondary N) is 2. The predicted molar refractivity (Wildman–Crippen MR) is 72.2 cm³/mol. The van der Waals surface area contributed by atoms with Gasteiger partial charge in [0.1, 0.15) is 11.6 Å². The summed E-state index contributed by atoms with van der Waals surface area (Å²) in [5, 5.41) is 13.6. The highest BCUT2D eigenvalue weighted by atomic mass is 19.4. The first-order valence-electron chi connectivity index (χ1n) is 5.99. The van der Waals surface area contributed by atoms with Crippen LogP contribution in [0.2, 0.25) is 0 Å². The van der Waals surface area contributed by atoms with E-state index in [1.165, 1.54) is 24.3 Å². The van der Waals surface area contributed by atoms with Crippen LogP contribution in [0.1, 0.15) is 5.56 Å². The Balaban J connectivity index is 2.10. The number of phenolic OH excluding ortho intramolecular Hbond substituents is 1. The summed E-state index contributed by atoms with van der Waals surface area (Å²) in [7, 11) is 0. The monoisotopic (exact) mass is 314 g/mol. The molecule has 0 unspecified atom stereocenters. The van der Waals surface area contributed by atoms with Crippen LogP contribution in [0.3, 0.4) is 0 Å². The van der Waals surface area contributed by atoms with Gasteiger partial charge in [-0.05, 0) is 42.5 Å². The van der Waals surface area contributed by atoms with Gasteiger partial charge in [-0.25, -0.2) is 9.18 Å². The molecule has 0 aromatic heterocycles. The highest BCUT2D eigenvalue weighted by molar-refractivity contribution is 5.99. The number of carbonyl (C=O) groups is 1. The number of phenols is 1. The molecule has 0 fully saturated rings. The molecule has 22 heavy (non-hydrogen) atoms. The molecular formula is C14H10F4N2O2. The van der Waals surface area contributed by atoms with Crippen molar-refractivity contribution in [1.29, 1.82) is 0 Å². The van der Waals surface area contributed by atoms with E-state index >= 15 is 0 Å². The number of aromatic hydroxyl groups is 1.